The van der Waals surface area contributed by atoms with E-state index in [1.54, 1.807) is 19.9 Å². The smallest absolute Gasteiger partial charge is 0.402 e. The molecule has 4 aliphatic rings. The summed E-state index contributed by atoms with van der Waals surface area (Å²) in [6, 6.07) is 2.86. The Kier molecular flexibility index (Phi) is 6.84. The molecule has 2 heterocycles. The van der Waals surface area contributed by atoms with E-state index in [2.05, 4.69) is 10.6 Å². The van der Waals surface area contributed by atoms with Gasteiger partial charge in [0, 0.05) is 18.0 Å². The van der Waals surface area contributed by atoms with Crippen LogP contribution in [-0.2, 0) is 21.4 Å². The fraction of sp³-hybridized carbons (Fsp3) is 0.609. The molecule has 1 aromatic carbocycles. The summed E-state index contributed by atoms with van der Waals surface area (Å²) in [5.74, 6) is -0.349. The van der Waals surface area contributed by atoms with Crippen molar-refractivity contribution in [2.45, 2.75) is 68.7 Å². The number of piperidine rings is 1. The number of carboxylic acid groups (broad SMARTS) is 2. The maximum atomic E-state index is 12.5. The first-order chi connectivity index (χ1) is 15.8. The first-order valence-corrected chi connectivity index (χ1v) is 11.2. The van der Waals surface area contributed by atoms with Crippen molar-refractivity contribution in [2.75, 3.05) is 13.6 Å². The summed E-state index contributed by atoms with van der Waals surface area (Å²) in [7, 11) is 2.04. The molecule has 2 aliphatic heterocycles. The first kappa shape index (κ1) is 25.7. The second-order valence-electron chi connectivity index (χ2n) is 9.70. The second-order valence-corrected chi connectivity index (χ2v) is 9.70. The number of primary amides is 1. The van der Waals surface area contributed by atoms with Crippen LogP contribution in [0.3, 0.4) is 0 Å². The number of likely N-dealkylation sites (tertiary alicyclic amines) is 1. The third-order valence-corrected chi connectivity index (χ3v) is 7.53. The van der Waals surface area contributed by atoms with Crippen LogP contribution in [0, 0.1) is 5.92 Å². The molecule has 1 amide bonds. The summed E-state index contributed by atoms with van der Waals surface area (Å²) in [5.41, 5.74) is 9.56. The fourth-order valence-corrected chi connectivity index (χ4v) is 5.82. The number of aromatic hydroxyl groups is 1. The van der Waals surface area contributed by atoms with E-state index in [1.807, 2.05) is 13.1 Å². The van der Waals surface area contributed by atoms with Crippen molar-refractivity contribution < 1.29 is 39.5 Å². The van der Waals surface area contributed by atoms with E-state index in [0.29, 0.717) is 25.0 Å². The summed E-state index contributed by atoms with van der Waals surface area (Å²) in [6.45, 7) is 4.38. The van der Waals surface area contributed by atoms with Gasteiger partial charge in [-0.2, -0.15) is 0 Å². The highest BCUT2D eigenvalue weighted by Crippen LogP contribution is 2.64. The minimum Gasteiger partial charge on any atom is -0.504 e. The molecule has 2 aliphatic carbocycles. The first-order valence-electron chi connectivity index (χ1n) is 11.2. The van der Waals surface area contributed by atoms with E-state index in [1.165, 1.54) is 0 Å². The van der Waals surface area contributed by atoms with Crippen molar-refractivity contribution >= 4 is 17.8 Å². The van der Waals surface area contributed by atoms with Crippen LogP contribution < -0.4 is 16.2 Å². The van der Waals surface area contributed by atoms with Gasteiger partial charge in [-0.3, -0.25) is 9.59 Å². The molecule has 8 N–H and O–H groups in total. The Hall–Kier alpha value is -2.89. The van der Waals surface area contributed by atoms with Gasteiger partial charge in [0.15, 0.2) is 23.4 Å². The average Bonchev–Trinajstić information content (AvgIpc) is 3.11. The van der Waals surface area contributed by atoms with Gasteiger partial charge in [-0.1, -0.05) is 19.9 Å². The molecule has 11 heteroatoms. The molecule has 2 bridgehead atoms. The molecule has 2 fully saturated rings. The number of carboxylic acids is 1. The summed E-state index contributed by atoms with van der Waals surface area (Å²) in [6.07, 6.45) is 0.273. The Morgan fingerprint density at radius 3 is 2.38 bits per heavy atom. The third kappa shape index (κ3) is 3.87. The number of hydrogen-bond donors (Lipinski definition) is 6. The van der Waals surface area contributed by atoms with Gasteiger partial charge >= 0.3 is 12.1 Å². The predicted octanol–water partition coefficient (Wildman–Crippen LogP) is 0.423. The van der Waals surface area contributed by atoms with Gasteiger partial charge in [0.25, 0.3) is 0 Å². The molecule has 1 saturated carbocycles. The monoisotopic (exact) mass is 479 g/mol. The van der Waals surface area contributed by atoms with E-state index in [4.69, 9.17) is 25.5 Å². The predicted molar refractivity (Wildman–Crippen MR) is 121 cm³/mol. The normalized spacial score (nSPS) is 31.2. The van der Waals surface area contributed by atoms with Crippen LogP contribution in [0.25, 0.3) is 0 Å². The molecule has 5 atom stereocenters. The average molecular weight is 480 g/mol. The zero-order valence-electron chi connectivity index (χ0n) is 19.5. The zero-order chi connectivity index (χ0) is 25.6. The van der Waals surface area contributed by atoms with Crippen molar-refractivity contribution in [2.24, 2.45) is 17.4 Å². The lowest BCUT2D eigenvalue weighted by atomic mass is 9.49. The molecular weight excluding hydrogens is 446 g/mol. The lowest BCUT2D eigenvalue weighted by Gasteiger charge is -2.61. The van der Waals surface area contributed by atoms with Gasteiger partial charge in [0.05, 0.1) is 11.0 Å². The lowest BCUT2D eigenvalue weighted by Crippen LogP contribution is -2.76. The van der Waals surface area contributed by atoms with E-state index in [-0.39, 0.29) is 23.5 Å². The van der Waals surface area contributed by atoms with Crippen molar-refractivity contribution in [3.63, 3.8) is 0 Å². The largest absolute Gasteiger partial charge is 0.504 e. The van der Waals surface area contributed by atoms with Gasteiger partial charge < -0.3 is 41.5 Å². The topological polar surface area (TPSA) is 197 Å². The van der Waals surface area contributed by atoms with Crippen molar-refractivity contribution in [1.29, 1.82) is 0 Å². The SMILES string of the molecule is CC(C)C(N)C(=O)O.CN1CC[C@]23c4c5ccc(O)c4O[C@H]2C(=O)CC[C@@]3(O)[C@H]1C5.NC(=O)O. The number of Topliss-reactive ketones (excluding diaryl/α,β-unsaturated/α-hetero) is 1. The van der Waals surface area contributed by atoms with Crippen LogP contribution in [0.15, 0.2) is 12.1 Å². The van der Waals surface area contributed by atoms with Crippen LogP contribution in [0.4, 0.5) is 4.79 Å². The molecular formula is C23H33N3O8. The molecule has 5 rings (SSSR count). The van der Waals surface area contributed by atoms with Crippen molar-refractivity contribution in [3.8, 4) is 11.5 Å². The number of likely N-dealkylation sites (N-methyl/N-ethyl adjacent to an activating group) is 1. The fourth-order valence-electron chi connectivity index (χ4n) is 5.82. The highest BCUT2D eigenvalue weighted by molar-refractivity contribution is 5.90. The van der Waals surface area contributed by atoms with Crippen LogP contribution in [0.5, 0.6) is 11.5 Å². The molecule has 188 valence electrons. The Balaban J connectivity index is 0.000000228. The number of aliphatic hydroxyl groups is 1. The number of amides is 1. The van der Waals surface area contributed by atoms with Gasteiger partial charge in [-0.15, -0.1) is 0 Å². The highest BCUT2D eigenvalue weighted by Gasteiger charge is 2.72. The third-order valence-electron chi connectivity index (χ3n) is 7.53. The Morgan fingerprint density at radius 1 is 1.24 bits per heavy atom. The minimum absolute atomic E-state index is 0.00319. The van der Waals surface area contributed by atoms with Crippen molar-refractivity contribution in [1.82, 2.24) is 4.90 Å². The summed E-state index contributed by atoms with van der Waals surface area (Å²) in [5, 5.41) is 37.3. The number of phenolic OH excluding ortho intramolecular Hbond substituents is 1. The molecule has 1 aromatic rings. The van der Waals surface area contributed by atoms with Crippen LogP contribution in [0.2, 0.25) is 0 Å². The quantitative estimate of drug-likeness (QED) is 0.346. The molecule has 0 aromatic heterocycles. The van der Waals surface area contributed by atoms with E-state index < -0.39 is 35.2 Å². The summed E-state index contributed by atoms with van der Waals surface area (Å²) >= 11 is 0. The molecule has 1 unspecified atom stereocenters. The Morgan fingerprint density at radius 2 is 1.85 bits per heavy atom. The summed E-state index contributed by atoms with van der Waals surface area (Å²) < 4.78 is 5.94. The number of phenols is 1. The maximum absolute atomic E-state index is 12.5. The van der Waals surface area contributed by atoms with E-state index in [0.717, 1.165) is 24.1 Å². The number of rotatable bonds is 2. The number of carbonyl (C=O) groups excluding carboxylic acids is 1. The summed E-state index contributed by atoms with van der Waals surface area (Å²) in [4.78, 5) is 33.5. The van der Waals surface area contributed by atoms with E-state index in [9.17, 15) is 19.8 Å². The van der Waals surface area contributed by atoms with Crippen LogP contribution >= 0.6 is 0 Å². The Labute approximate surface area is 197 Å². The number of aliphatic carboxylic acids is 1. The lowest BCUT2D eigenvalue weighted by molar-refractivity contribution is -0.185. The van der Waals surface area contributed by atoms with Crippen molar-refractivity contribution in [3.05, 3.63) is 23.3 Å². The van der Waals surface area contributed by atoms with Gasteiger partial charge in [-0.05, 0) is 50.4 Å². The van der Waals surface area contributed by atoms with E-state index >= 15 is 0 Å². The number of nitrogens with two attached hydrogens (primary N) is 2. The number of carbonyl (C=O) groups is 3. The van der Waals surface area contributed by atoms with Gasteiger partial charge in [0.1, 0.15) is 6.04 Å². The molecule has 1 saturated heterocycles. The molecule has 0 radical (unpaired) electrons. The standard InChI is InChI=1S/C17H19NO4.C5H11NO2.CH3NO2/c1-18-7-6-16-13-9-2-3-10(19)14(13)22-15(16)11(20)4-5-17(16,21)12(18)8-9;1-3(2)4(6)5(7)8;2-1(3)4/h2-3,12,15,19,21H,4-8H2,1H3;3-4H,6H2,1-2H3,(H,7,8);2H2,(H,3,4)/t12-,15+,16+,17-;;/m1../s1. The second kappa shape index (κ2) is 9.05. The van der Waals surface area contributed by atoms with Crippen LogP contribution in [-0.4, -0.2) is 80.6 Å². The molecule has 1 spiro atoms. The van der Waals surface area contributed by atoms with Gasteiger partial charge in [0.2, 0.25) is 0 Å². The number of benzene rings is 1. The number of nitrogens with zero attached hydrogens (tertiary/aromatic N) is 1. The minimum atomic E-state index is -1.33. The highest BCUT2D eigenvalue weighted by atomic mass is 16.5. The molecule has 11 nitrogen and oxygen atoms in total. The molecule has 34 heavy (non-hydrogen) atoms. The van der Waals surface area contributed by atoms with Gasteiger partial charge in [-0.25, -0.2) is 4.79 Å². The number of ether oxygens (including phenoxy) is 1. The number of hydrogen-bond acceptors (Lipinski definition) is 8. The maximum Gasteiger partial charge on any atom is 0.402 e. The zero-order valence-corrected chi connectivity index (χ0v) is 19.5. The number of ketones is 1. The Bertz CT molecular complexity index is 995. The van der Waals surface area contributed by atoms with Crippen LogP contribution in [0.1, 0.15) is 44.2 Å².